The van der Waals surface area contributed by atoms with Crippen LogP contribution in [-0.2, 0) is 6.54 Å². The van der Waals surface area contributed by atoms with Crippen LogP contribution in [0, 0.1) is 0 Å². The van der Waals surface area contributed by atoms with Crippen LogP contribution in [0.25, 0.3) is 10.9 Å². The quantitative estimate of drug-likeness (QED) is 0.788. The molecular weight excluding hydrogens is 302 g/mol. The molecule has 3 heterocycles. The number of benzene rings is 1. The van der Waals surface area contributed by atoms with Crippen molar-refractivity contribution < 1.29 is 4.79 Å². The maximum absolute atomic E-state index is 13.1. The van der Waals surface area contributed by atoms with E-state index in [-0.39, 0.29) is 11.9 Å². The van der Waals surface area contributed by atoms with Gasteiger partial charge in [-0.15, -0.1) is 10.2 Å². The fraction of sp³-hybridized carbons (Fsp3) is 0.389. The number of rotatable bonds is 2. The van der Waals surface area contributed by atoms with Gasteiger partial charge in [0.2, 0.25) is 0 Å². The fourth-order valence-electron chi connectivity index (χ4n) is 3.54. The molecule has 0 spiro atoms. The van der Waals surface area contributed by atoms with E-state index in [1.807, 2.05) is 35.4 Å². The number of carbonyl (C=O) groups is 1. The maximum atomic E-state index is 13.1. The van der Waals surface area contributed by atoms with Gasteiger partial charge in [-0.25, -0.2) is 0 Å². The van der Waals surface area contributed by atoms with Gasteiger partial charge in [-0.3, -0.25) is 4.79 Å². The van der Waals surface area contributed by atoms with Crippen LogP contribution in [-0.4, -0.2) is 37.1 Å². The van der Waals surface area contributed by atoms with E-state index in [1.165, 1.54) is 0 Å². The first-order valence-corrected chi connectivity index (χ1v) is 8.35. The Morgan fingerprint density at radius 2 is 2.12 bits per heavy atom. The predicted octanol–water partition coefficient (Wildman–Crippen LogP) is 3.10. The number of amides is 1. The largest absolute Gasteiger partial charge is 0.361 e. The number of nitrogens with one attached hydrogen (secondary N) is 1. The topological polar surface area (TPSA) is 66.8 Å². The molecule has 6 nitrogen and oxygen atoms in total. The van der Waals surface area contributed by atoms with Gasteiger partial charge in [-0.1, -0.05) is 26.0 Å². The second-order valence-electron chi connectivity index (χ2n) is 6.78. The molecule has 1 aromatic carbocycles. The molecule has 1 aliphatic rings. The van der Waals surface area contributed by atoms with Crippen molar-refractivity contribution in [2.75, 3.05) is 6.54 Å². The highest BCUT2D eigenvalue weighted by atomic mass is 16.2. The van der Waals surface area contributed by atoms with Crippen LogP contribution in [0.2, 0.25) is 0 Å². The lowest BCUT2D eigenvalue weighted by atomic mass is 10.1. The van der Waals surface area contributed by atoms with E-state index in [0.29, 0.717) is 24.6 Å². The van der Waals surface area contributed by atoms with Crippen molar-refractivity contribution >= 4 is 16.8 Å². The number of aromatic amines is 1. The number of nitrogens with zero attached hydrogens (tertiary/aromatic N) is 4. The highest BCUT2D eigenvalue weighted by molar-refractivity contribution is 6.05. The summed E-state index contributed by atoms with van der Waals surface area (Å²) in [5.74, 6) is 2.22. The van der Waals surface area contributed by atoms with Crippen molar-refractivity contribution in [1.29, 1.82) is 0 Å². The summed E-state index contributed by atoms with van der Waals surface area (Å²) in [6.07, 6.45) is 1.87. The van der Waals surface area contributed by atoms with Crippen molar-refractivity contribution in [1.82, 2.24) is 24.6 Å². The number of fused-ring (bicyclic) bond motifs is 2. The molecule has 124 valence electrons. The van der Waals surface area contributed by atoms with E-state index in [1.54, 1.807) is 0 Å². The first-order chi connectivity index (χ1) is 11.6. The number of carbonyl (C=O) groups excluding carboxylic acids is 1. The van der Waals surface area contributed by atoms with E-state index >= 15 is 0 Å². The van der Waals surface area contributed by atoms with Crippen LogP contribution < -0.4 is 0 Å². The normalized spacial score (nSPS) is 17.5. The number of aromatic nitrogens is 4. The van der Waals surface area contributed by atoms with Crippen LogP contribution in [0.3, 0.4) is 0 Å². The zero-order valence-corrected chi connectivity index (χ0v) is 14.2. The second-order valence-corrected chi connectivity index (χ2v) is 6.78. The van der Waals surface area contributed by atoms with Gasteiger partial charge in [0.1, 0.15) is 5.82 Å². The van der Waals surface area contributed by atoms with Crippen LogP contribution in [0.15, 0.2) is 30.5 Å². The summed E-state index contributed by atoms with van der Waals surface area (Å²) in [4.78, 5) is 18.1. The third-order valence-corrected chi connectivity index (χ3v) is 4.67. The summed E-state index contributed by atoms with van der Waals surface area (Å²) >= 11 is 0. The lowest BCUT2D eigenvalue weighted by Crippen LogP contribution is -2.41. The lowest BCUT2D eigenvalue weighted by molar-refractivity contribution is 0.0681. The van der Waals surface area contributed by atoms with E-state index in [0.717, 1.165) is 22.6 Å². The van der Waals surface area contributed by atoms with Crippen LogP contribution in [0.5, 0.6) is 0 Å². The smallest absolute Gasteiger partial charge is 0.256 e. The Kier molecular flexibility index (Phi) is 3.40. The van der Waals surface area contributed by atoms with Crippen molar-refractivity contribution in [2.24, 2.45) is 0 Å². The Morgan fingerprint density at radius 1 is 1.29 bits per heavy atom. The molecule has 0 saturated carbocycles. The molecule has 1 N–H and O–H groups in total. The van der Waals surface area contributed by atoms with Gasteiger partial charge >= 0.3 is 0 Å². The molecule has 4 rings (SSSR count). The average Bonchev–Trinajstić information content (AvgIpc) is 3.20. The third kappa shape index (κ3) is 2.21. The highest BCUT2D eigenvalue weighted by Crippen LogP contribution is 2.27. The number of para-hydroxylation sites is 1. The summed E-state index contributed by atoms with van der Waals surface area (Å²) in [7, 11) is 0. The van der Waals surface area contributed by atoms with Gasteiger partial charge in [-0.2, -0.15) is 0 Å². The summed E-state index contributed by atoms with van der Waals surface area (Å²) in [5.41, 5.74) is 1.60. The Hall–Kier alpha value is -2.63. The molecular formula is C18H21N5O. The molecule has 0 aliphatic carbocycles. The lowest BCUT2D eigenvalue weighted by Gasteiger charge is -2.33. The number of hydrogen-bond acceptors (Lipinski definition) is 3. The molecule has 1 atom stereocenters. The number of H-pyrrole nitrogens is 1. The molecule has 0 bridgehead atoms. The Labute approximate surface area is 140 Å². The first kappa shape index (κ1) is 14.9. The molecule has 0 unspecified atom stereocenters. The summed E-state index contributed by atoms with van der Waals surface area (Å²) in [6, 6.07) is 7.97. The minimum atomic E-state index is 0.0373. The molecule has 2 aromatic heterocycles. The molecule has 0 radical (unpaired) electrons. The molecule has 0 fully saturated rings. The highest BCUT2D eigenvalue weighted by Gasteiger charge is 2.30. The molecule has 6 heteroatoms. The Balaban J connectivity index is 1.68. The summed E-state index contributed by atoms with van der Waals surface area (Å²) in [5, 5.41) is 9.70. The minimum Gasteiger partial charge on any atom is -0.361 e. The van der Waals surface area contributed by atoms with E-state index in [9.17, 15) is 4.79 Å². The van der Waals surface area contributed by atoms with Gasteiger partial charge in [0.25, 0.3) is 5.91 Å². The van der Waals surface area contributed by atoms with Crippen molar-refractivity contribution in [3.63, 3.8) is 0 Å². The van der Waals surface area contributed by atoms with Gasteiger partial charge in [0, 0.05) is 24.0 Å². The van der Waals surface area contributed by atoms with Crippen LogP contribution >= 0.6 is 0 Å². The summed E-state index contributed by atoms with van der Waals surface area (Å²) in [6.45, 7) is 7.52. The fourth-order valence-corrected chi connectivity index (χ4v) is 3.54. The van der Waals surface area contributed by atoms with Gasteiger partial charge < -0.3 is 14.5 Å². The van der Waals surface area contributed by atoms with E-state index in [2.05, 4.69) is 40.5 Å². The van der Waals surface area contributed by atoms with Gasteiger partial charge in [-0.05, 0) is 19.1 Å². The molecule has 3 aromatic rings. The zero-order chi connectivity index (χ0) is 16.8. The van der Waals surface area contributed by atoms with Crippen molar-refractivity contribution in [2.45, 2.75) is 39.3 Å². The minimum absolute atomic E-state index is 0.0373. The second kappa shape index (κ2) is 5.47. The molecule has 24 heavy (non-hydrogen) atoms. The Morgan fingerprint density at radius 3 is 2.92 bits per heavy atom. The number of hydrogen-bond donors (Lipinski definition) is 1. The first-order valence-electron chi connectivity index (χ1n) is 8.35. The third-order valence-electron chi connectivity index (χ3n) is 4.67. The van der Waals surface area contributed by atoms with Crippen molar-refractivity contribution in [3.8, 4) is 0 Å². The van der Waals surface area contributed by atoms with E-state index in [4.69, 9.17) is 0 Å². The molecule has 1 aliphatic heterocycles. The predicted molar refractivity (Wildman–Crippen MR) is 91.9 cm³/mol. The van der Waals surface area contributed by atoms with Gasteiger partial charge in [0.05, 0.1) is 23.7 Å². The molecule has 0 saturated heterocycles. The zero-order valence-electron chi connectivity index (χ0n) is 14.2. The standard InChI is InChI=1S/C18H21N5O/c1-11(2)17-21-20-15-10-22(9-12(3)23(15)17)18(24)14-6-4-5-13-7-8-19-16(13)14/h4-8,11-12,19H,9-10H2,1-3H3/t12-/m0/s1. The maximum Gasteiger partial charge on any atom is 0.256 e. The average molecular weight is 323 g/mol. The van der Waals surface area contributed by atoms with E-state index < -0.39 is 0 Å². The monoisotopic (exact) mass is 323 g/mol. The van der Waals surface area contributed by atoms with Crippen molar-refractivity contribution in [3.05, 3.63) is 47.7 Å². The van der Waals surface area contributed by atoms with Gasteiger partial charge in [0.15, 0.2) is 5.82 Å². The van der Waals surface area contributed by atoms with Crippen LogP contribution in [0.1, 0.15) is 54.7 Å². The SMILES string of the molecule is CC(C)c1nnc2n1[C@@H](C)CN(C(=O)c1cccc3cc[nH]c13)C2. The summed E-state index contributed by atoms with van der Waals surface area (Å²) < 4.78 is 2.18. The Bertz CT molecular complexity index is 907. The van der Waals surface area contributed by atoms with Crippen LogP contribution in [0.4, 0.5) is 0 Å². The molecule has 1 amide bonds.